The zero-order valence-electron chi connectivity index (χ0n) is 11.5. The predicted molar refractivity (Wildman–Crippen MR) is 74.1 cm³/mol. The first-order chi connectivity index (χ1) is 8.67. The Morgan fingerprint density at radius 3 is 2.89 bits per heavy atom. The maximum absolute atomic E-state index is 8.71. The van der Waals surface area contributed by atoms with Crippen LogP contribution in [0.25, 0.3) is 0 Å². The van der Waals surface area contributed by atoms with Crippen molar-refractivity contribution in [2.75, 3.05) is 25.5 Å². The van der Waals surface area contributed by atoms with Crippen LogP contribution < -0.4 is 5.32 Å². The molecule has 0 atom stereocenters. The van der Waals surface area contributed by atoms with Gasteiger partial charge in [-0.1, -0.05) is 19.9 Å². The lowest BCUT2D eigenvalue weighted by Gasteiger charge is -2.24. The van der Waals surface area contributed by atoms with Gasteiger partial charge >= 0.3 is 0 Å². The largest absolute Gasteiger partial charge is 0.373 e. The van der Waals surface area contributed by atoms with Gasteiger partial charge in [-0.05, 0) is 12.0 Å². The summed E-state index contributed by atoms with van der Waals surface area (Å²) >= 11 is 0. The minimum absolute atomic E-state index is 0.571. The number of hydrogen-bond donors (Lipinski definition) is 1. The minimum Gasteiger partial charge on any atom is -0.373 e. The van der Waals surface area contributed by atoms with Gasteiger partial charge in [-0.25, -0.2) is 4.98 Å². The molecule has 98 valence electrons. The molecule has 0 amide bonds. The third kappa shape index (κ3) is 4.72. The topological polar surface area (TPSA) is 52.0 Å². The predicted octanol–water partition coefficient (Wildman–Crippen LogP) is 2.49. The molecule has 1 heterocycles. The van der Waals surface area contributed by atoms with Crippen molar-refractivity contribution in [1.29, 1.82) is 5.26 Å². The molecule has 0 unspecified atom stereocenters. The average Bonchev–Trinajstić information content (AvgIpc) is 2.36. The summed E-state index contributed by atoms with van der Waals surface area (Å²) in [7, 11) is 1.88. The van der Waals surface area contributed by atoms with Crippen LogP contribution in [0, 0.1) is 17.2 Å². The van der Waals surface area contributed by atoms with E-state index < -0.39 is 0 Å². The normalized spacial score (nSPS) is 10.7. The highest BCUT2D eigenvalue weighted by atomic mass is 15.1. The van der Waals surface area contributed by atoms with E-state index in [-0.39, 0.29) is 0 Å². The molecular weight excluding hydrogens is 224 g/mol. The summed E-state index contributed by atoms with van der Waals surface area (Å²) in [6.07, 6.45) is 2.36. The Morgan fingerprint density at radius 1 is 1.50 bits per heavy atom. The Bertz CT molecular complexity index is 395. The molecule has 0 saturated carbocycles. The Labute approximate surface area is 110 Å². The van der Waals surface area contributed by atoms with E-state index in [4.69, 9.17) is 5.26 Å². The zero-order valence-corrected chi connectivity index (χ0v) is 11.5. The van der Waals surface area contributed by atoms with E-state index in [1.165, 1.54) is 5.56 Å². The maximum Gasteiger partial charge on any atom is 0.130 e. The fourth-order valence-electron chi connectivity index (χ4n) is 1.99. The number of pyridine rings is 1. The van der Waals surface area contributed by atoms with E-state index in [1.807, 2.05) is 13.1 Å². The van der Waals surface area contributed by atoms with E-state index in [0.29, 0.717) is 12.3 Å². The second kappa shape index (κ2) is 7.67. The standard InChI is InChI=1S/C14H22N4/c1-12(2)10-18(9-5-7-15)11-13-6-4-8-17-14(13)16-3/h4,6,8,12H,5,9-11H2,1-3H3,(H,16,17). The molecule has 0 aliphatic heterocycles. The van der Waals surface area contributed by atoms with Gasteiger partial charge in [0.25, 0.3) is 0 Å². The van der Waals surface area contributed by atoms with Crippen molar-refractivity contribution >= 4 is 5.82 Å². The van der Waals surface area contributed by atoms with E-state index in [2.05, 4.69) is 41.2 Å². The van der Waals surface area contributed by atoms with Crippen molar-refractivity contribution in [3.05, 3.63) is 23.9 Å². The number of nitriles is 1. The van der Waals surface area contributed by atoms with E-state index >= 15 is 0 Å². The van der Waals surface area contributed by atoms with Crippen molar-refractivity contribution in [1.82, 2.24) is 9.88 Å². The lowest BCUT2D eigenvalue weighted by molar-refractivity contribution is 0.241. The molecule has 1 aromatic rings. The molecule has 0 aliphatic rings. The highest BCUT2D eigenvalue weighted by Gasteiger charge is 2.10. The Balaban J connectivity index is 2.72. The summed E-state index contributed by atoms with van der Waals surface area (Å²) in [5.74, 6) is 1.52. The van der Waals surface area contributed by atoms with Gasteiger partial charge in [0.05, 0.1) is 6.07 Å². The first-order valence-electron chi connectivity index (χ1n) is 6.38. The molecule has 1 N–H and O–H groups in total. The summed E-state index contributed by atoms with van der Waals surface area (Å²) < 4.78 is 0. The molecule has 0 radical (unpaired) electrons. The summed E-state index contributed by atoms with van der Waals surface area (Å²) in [6, 6.07) is 6.25. The number of hydrogen-bond acceptors (Lipinski definition) is 4. The van der Waals surface area contributed by atoms with E-state index in [9.17, 15) is 0 Å². The fourth-order valence-corrected chi connectivity index (χ4v) is 1.99. The third-order valence-electron chi connectivity index (χ3n) is 2.69. The molecule has 4 nitrogen and oxygen atoms in total. The van der Waals surface area contributed by atoms with Gasteiger partial charge < -0.3 is 5.32 Å². The van der Waals surface area contributed by atoms with Crippen LogP contribution in [-0.2, 0) is 6.54 Å². The number of nitrogens with one attached hydrogen (secondary N) is 1. The summed E-state index contributed by atoms with van der Waals surface area (Å²) in [4.78, 5) is 6.62. The van der Waals surface area contributed by atoms with Crippen molar-refractivity contribution in [3.63, 3.8) is 0 Å². The lowest BCUT2D eigenvalue weighted by Crippen LogP contribution is -2.28. The molecule has 0 fully saturated rings. The summed E-state index contributed by atoms with van der Waals surface area (Å²) in [6.45, 7) is 7.04. The van der Waals surface area contributed by atoms with Gasteiger partial charge in [0.1, 0.15) is 5.82 Å². The molecule has 1 rings (SSSR count). The summed E-state index contributed by atoms with van der Waals surface area (Å²) in [5, 5.41) is 11.8. The van der Waals surface area contributed by atoms with Crippen LogP contribution in [-0.4, -0.2) is 30.0 Å². The number of rotatable bonds is 7. The number of anilines is 1. The first-order valence-corrected chi connectivity index (χ1v) is 6.38. The molecule has 0 aliphatic carbocycles. The first kappa shape index (κ1) is 14.5. The van der Waals surface area contributed by atoms with Gasteiger partial charge in [-0.15, -0.1) is 0 Å². The second-order valence-corrected chi connectivity index (χ2v) is 4.80. The van der Waals surface area contributed by atoms with Crippen molar-refractivity contribution in [2.24, 2.45) is 5.92 Å². The van der Waals surface area contributed by atoms with Crippen LogP contribution in [0.1, 0.15) is 25.8 Å². The molecular formula is C14H22N4. The number of aromatic nitrogens is 1. The molecule has 0 spiro atoms. The SMILES string of the molecule is CNc1ncccc1CN(CCC#N)CC(C)C. The van der Waals surface area contributed by atoms with Crippen LogP contribution in [0.5, 0.6) is 0 Å². The Hall–Kier alpha value is -1.60. The van der Waals surface area contributed by atoms with Crippen LogP contribution in [0.3, 0.4) is 0 Å². The lowest BCUT2D eigenvalue weighted by atomic mass is 10.1. The Morgan fingerprint density at radius 2 is 2.28 bits per heavy atom. The van der Waals surface area contributed by atoms with Crippen molar-refractivity contribution < 1.29 is 0 Å². The van der Waals surface area contributed by atoms with Crippen LogP contribution >= 0.6 is 0 Å². The van der Waals surface area contributed by atoms with Crippen LogP contribution in [0.2, 0.25) is 0 Å². The minimum atomic E-state index is 0.571. The van der Waals surface area contributed by atoms with Crippen LogP contribution in [0.4, 0.5) is 5.82 Å². The summed E-state index contributed by atoms with van der Waals surface area (Å²) in [5.41, 5.74) is 1.18. The van der Waals surface area contributed by atoms with Gasteiger partial charge in [-0.2, -0.15) is 5.26 Å². The smallest absolute Gasteiger partial charge is 0.130 e. The van der Waals surface area contributed by atoms with Crippen molar-refractivity contribution in [3.8, 4) is 6.07 Å². The van der Waals surface area contributed by atoms with E-state index in [1.54, 1.807) is 6.20 Å². The van der Waals surface area contributed by atoms with Gasteiger partial charge in [0, 0.05) is 44.9 Å². The maximum atomic E-state index is 8.71. The molecule has 18 heavy (non-hydrogen) atoms. The molecule has 0 bridgehead atoms. The second-order valence-electron chi connectivity index (χ2n) is 4.80. The highest BCUT2D eigenvalue weighted by Crippen LogP contribution is 2.14. The third-order valence-corrected chi connectivity index (χ3v) is 2.69. The van der Waals surface area contributed by atoms with Crippen molar-refractivity contribution in [2.45, 2.75) is 26.8 Å². The molecule has 0 aromatic carbocycles. The monoisotopic (exact) mass is 246 g/mol. The average molecular weight is 246 g/mol. The van der Waals surface area contributed by atoms with Crippen LogP contribution in [0.15, 0.2) is 18.3 Å². The Kier molecular flexibility index (Phi) is 6.16. The molecule has 4 heteroatoms. The van der Waals surface area contributed by atoms with Gasteiger partial charge in [0.15, 0.2) is 0 Å². The zero-order chi connectivity index (χ0) is 13.4. The highest BCUT2D eigenvalue weighted by molar-refractivity contribution is 5.42. The van der Waals surface area contributed by atoms with Gasteiger partial charge in [-0.3, -0.25) is 4.90 Å². The molecule has 0 saturated heterocycles. The quantitative estimate of drug-likeness (QED) is 0.803. The molecule has 1 aromatic heterocycles. The van der Waals surface area contributed by atoms with Gasteiger partial charge in [0.2, 0.25) is 0 Å². The fraction of sp³-hybridized carbons (Fsp3) is 0.571. The van der Waals surface area contributed by atoms with E-state index in [0.717, 1.165) is 25.5 Å². The number of nitrogens with zero attached hydrogens (tertiary/aromatic N) is 3.